The van der Waals surface area contributed by atoms with Crippen molar-refractivity contribution >= 4 is 39.0 Å². The van der Waals surface area contributed by atoms with Crippen LogP contribution >= 0.6 is 23.2 Å². The van der Waals surface area contributed by atoms with E-state index in [9.17, 15) is 13.2 Å². The fraction of sp³-hybridized carbons (Fsp3) is 0.381. The highest BCUT2D eigenvalue weighted by Crippen LogP contribution is 2.24. The maximum absolute atomic E-state index is 12.9. The second-order valence-corrected chi connectivity index (χ2v) is 9.47. The highest BCUT2D eigenvalue weighted by molar-refractivity contribution is 7.92. The predicted molar refractivity (Wildman–Crippen MR) is 113 cm³/mol. The molecule has 0 N–H and O–H groups in total. The van der Waals surface area contributed by atoms with Gasteiger partial charge in [-0.1, -0.05) is 54.2 Å². The first-order valence-corrected chi connectivity index (χ1v) is 11.6. The average molecular weight is 443 g/mol. The number of halogens is 2. The Bertz CT molecular complexity index is 880. The number of benzene rings is 2. The van der Waals surface area contributed by atoms with Crippen molar-refractivity contribution < 1.29 is 17.9 Å². The van der Waals surface area contributed by atoms with E-state index in [0.717, 1.165) is 19.3 Å². The standard InChI is InChI=1S/C21H24Cl2O4S/c1-2-27-21(24)20(28(25,26)19-9-6-8-18(23)15-19)10-5-3-4-7-16-11-13-17(22)14-12-16/h6,8-9,11-15,20H,2-5,7,10H2,1H3. The molecule has 0 amide bonds. The van der Waals surface area contributed by atoms with E-state index in [1.807, 2.05) is 24.3 Å². The molecule has 28 heavy (non-hydrogen) atoms. The number of hydrogen-bond acceptors (Lipinski definition) is 4. The molecule has 7 heteroatoms. The number of esters is 1. The lowest BCUT2D eigenvalue weighted by atomic mass is 10.1. The van der Waals surface area contributed by atoms with Crippen molar-refractivity contribution in [1.29, 1.82) is 0 Å². The third kappa shape index (κ3) is 6.50. The lowest BCUT2D eigenvalue weighted by molar-refractivity contribution is -0.142. The predicted octanol–water partition coefficient (Wildman–Crippen LogP) is 5.50. The number of ether oxygens (including phenoxy) is 1. The van der Waals surface area contributed by atoms with Crippen LogP contribution in [0, 0.1) is 0 Å². The van der Waals surface area contributed by atoms with E-state index in [-0.39, 0.29) is 17.9 Å². The summed E-state index contributed by atoms with van der Waals surface area (Å²) in [6.45, 7) is 1.80. The van der Waals surface area contributed by atoms with Crippen LogP contribution in [0.3, 0.4) is 0 Å². The van der Waals surface area contributed by atoms with E-state index >= 15 is 0 Å². The summed E-state index contributed by atoms with van der Waals surface area (Å²) in [7, 11) is -3.86. The summed E-state index contributed by atoms with van der Waals surface area (Å²) in [5.41, 5.74) is 1.18. The molecule has 0 saturated carbocycles. The molecule has 152 valence electrons. The van der Waals surface area contributed by atoms with Crippen molar-refractivity contribution in [2.75, 3.05) is 6.61 Å². The highest BCUT2D eigenvalue weighted by Gasteiger charge is 2.34. The van der Waals surface area contributed by atoms with E-state index in [2.05, 4.69) is 0 Å². The van der Waals surface area contributed by atoms with Crippen molar-refractivity contribution in [2.24, 2.45) is 0 Å². The number of carbonyl (C=O) groups excluding carboxylic acids is 1. The van der Waals surface area contributed by atoms with Crippen LogP contribution < -0.4 is 0 Å². The first-order chi connectivity index (χ1) is 13.3. The molecule has 1 atom stereocenters. The van der Waals surface area contributed by atoms with E-state index in [0.29, 0.717) is 16.5 Å². The summed E-state index contributed by atoms with van der Waals surface area (Å²) >= 11 is 11.8. The molecule has 0 fully saturated rings. The quantitative estimate of drug-likeness (QED) is 0.359. The van der Waals surface area contributed by atoms with Gasteiger partial charge >= 0.3 is 5.97 Å². The largest absolute Gasteiger partial charge is 0.465 e. The Kier molecular flexibility index (Phi) is 8.80. The summed E-state index contributed by atoms with van der Waals surface area (Å²) in [5.74, 6) is -0.708. The summed E-state index contributed by atoms with van der Waals surface area (Å²) < 4.78 is 30.9. The first-order valence-electron chi connectivity index (χ1n) is 9.25. The molecule has 0 aliphatic heterocycles. The highest BCUT2D eigenvalue weighted by atomic mass is 35.5. The maximum Gasteiger partial charge on any atom is 0.324 e. The summed E-state index contributed by atoms with van der Waals surface area (Å²) in [6.07, 6.45) is 3.41. The summed E-state index contributed by atoms with van der Waals surface area (Å²) in [6, 6.07) is 13.6. The number of unbranched alkanes of at least 4 members (excludes halogenated alkanes) is 2. The minimum Gasteiger partial charge on any atom is -0.465 e. The van der Waals surface area contributed by atoms with Crippen LogP contribution in [0.1, 0.15) is 38.2 Å². The molecule has 0 bridgehead atoms. The molecule has 0 spiro atoms. The second-order valence-electron chi connectivity index (χ2n) is 6.47. The van der Waals surface area contributed by atoms with Gasteiger partial charge < -0.3 is 4.74 Å². The molecular weight excluding hydrogens is 419 g/mol. The van der Waals surface area contributed by atoms with Gasteiger partial charge in [0, 0.05) is 10.0 Å². The molecule has 2 aromatic rings. The van der Waals surface area contributed by atoms with Gasteiger partial charge in [-0.05, 0) is 62.1 Å². The third-order valence-electron chi connectivity index (χ3n) is 4.39. The number of carbonyl (C=O) groups is 1. The van der Waals surface area contributed by atoms with Crippen molar-refractivity contribution in [3.8, 4) is 0 Å². The zero-order valence-corrected chi connectivity index (χ0v) is 18.1. The van der Waals surface area contributed by atoms with Crippen LogP contribution in [-0.2, 0) is 25.8 Å². The monoisotopic (exact) mass is 442 g/mol. The van der Waals surface area contributed by atoms with Crippen LogP contribution in [0.15, 0.2) is 53.4 Å². The normalized spacial score (nSPS) is 12.5. The Balaban J connectivity index is 1.99. The van der Waals surface area contributed by atoms with Crippen LogP contribution in [0.25, 0.3) is 0 Å². The van der Waals surface area contributed by atoms with Gasteiger partial charge in [0.1, 0.15) is 0 Å². The average Bonchev–Trinajstić information content (AvgIpc) is 2.66. The lowest BCUT2D eigenvalue weighted by Gasteiger charge is -2.16. The van der Waals surface area contributed by atoms with E-state index < -0.39 is 21.1 Å². The van der Waals surface area contributed by atoms with Crippen LogP contribution in [-0.4, -0.2) is 26.2 Å². The summed E-state index contributed by atoms with van der Waals surface area (Å²) in [5, 5.41) is -0.208. The fourth-order valence-electron chi connectivity index (χ4n) is 2.93. The molecule has 4 nitrogen and oxygen atoms in total. The molecule has 0 aliphatic rings. The molecule has 0 heterocycles. The number of hydrogen-bond donors (Lipinski definition) is 0. The number of sulfone groups is 1. The van der Waals surface area contributed by atoms with E-state index in [4.69, 9.17) is 27.9 Å². The molecule has 0 aliphatic carbocycles. The van der Waals surface area contributed by atoms with Crippen LogP contribution in [0.2, 0.25) is 10.0 Å². The molecule has 2 aromatic carbocycles. The van der Waals surface area contributed by atoms with Crippen molar-refractivity contribution in [3.63, 3.8) is 0 Å². The zero-order valence-electron chi connectivity index (χ0n) is 15.7. The topological polar surface area (TPSA) is 60.4 Å². The van der Waals surface area contributed by atoms with Crippen molar-refractivity contribution in [1.82, 2.24) is 0 Å². The molecule has 1 unspecified atom stereocenters. The molecule has 0 saturated heterocycles. The Hall–Kier alpha value is -1.56. The fourth-order valence-corrected chi connectivity index (χ4v) is 5.00. The van der Waals surface area contributed by atoms with Gasteiger partial charge in [0.2, 0.25) is 0 Å². The lowest BCUT2D eigenvalue weighted by Crippen LogP contribution is -2.32. The van der Waals surface area contributed by atoms with E-state index in [1.54, 1.807) is 19.1 Å². The molecule has 0 radical (unpaired) electrons. The Morgan fingerprint density at radius 3 is 2.36 bits per heavy atom. The second kappa shape index (κ2) is 10.8. The van der Waals surface area contributed by atoms with Gasteiger partial charge in [0.05, 0.1) is 11.5 Å². The SMILES string of the molecule is CCOC(=O)C(CCCCCc1ccc(Cl)cc1)S(=O)(=O)c1cccc(Cl)c1. The first kappa shape index (κ1) is 22.7. The maximum atomic E-state index is 12.9. The smallest absolute Gasteiger partial charge is 0.324 e. The minimum atomic E-state index is -3.86. The van der Waals surface area contributed by atoms with Gasteiger partial charge in [-0.25, -0.2) is 8.42 Å². The molecule has 2 rings (SSSR count). The van der Waals surface area contributed by atoms with Crippen LogP contribution in [0.5, 0.6) is 0 Å². The van der Waals surface area contributed by atoms with Crippen molar-refractivity contribution in [2.45, 2.75) is 49.2 Å². The Labute approximate surface area is 176 Å². The van der Waals surface area contributed by atoms with Gasteiger partial charge in [-0.3, -0.25) is 4.79 Å². The zero-order chi connectivity index (χ0) is 20.6. The number of rotatable bonds is 10. The number of aryl methyl sites for hydroxylation is 1. The van der Waals surface area contributed by atoms with Crippen LogP contribution in [0.4, 0.5) is 0 Å². The molecular formula is C21H24Cl2O4S. The molecule has 0 aromatic heterocycles. The van der Waals surface area contributed by atoms with Gasteiger partial charge in [0.25, 0.3) is 0 Å². The van der Waals surface area contributed by atoms with Crippen molar-refractivity contribution in [3.05, 3.63) is 64.1 Å². The summed E-state index contributed by atoms with van der Waals surface area (Å²) in [4.78, 5) is 12.4. The minimum absolute atomic E-state index is 0.0409. The van der Waals surface area contributed by atoms with E-state index in [1.165, 1.54) is 17.7 Å². The Morgan fingerprint density at radius 2 is 1.71 bits per heavy atom. The van der Waals surface area contributed by atoms with Gasteiger partial charge in [-0.2, -0.15) is 0 Å². The van der Waals surface area contributed by atoms with Gasteiger partial charge in [-0.15, -0.1) is 0 Å². The third-order valence-corrected chi connectivity index (χ3v) is 6.97. The Morgan fingerprint density at radius 1 is 1.00 bits per heavy atom. The van der Waals surface area contributed by atoms with Gasteiger partial charge in [0.15, 0.2) is 15.1 Å².